The first-order chi connectivity index (χ1) is 12.1. The van der Waals surface area contributed by atoms with Crippen LogP contribution in [-0.4, -0.2) is 10.1 Å². The summed E-state index contributed by atoms with van der Waals surface area (Å²) < 4.78 is 5.49. The van der Waals surface area contributed by atoms with Gasteiger partial charge in [0.05, 0.1) is 18.4 Å². The van der Waals surface area contributed by atoms with Gasteiger partial charge in [0.15, 0.2) is 5.11 Å². The Morgan fingerprint density at radius 1 is 1.00 bits per heavy atom. The summed E-state index contributed by atoms with van der Waals surface area (Å²) in [4.78, 5) is 4.39. The lowest BCUT2D eigenvalue weighted by molar-refractivity contribution is 0.478. The number of nitrogens with zero attached hydrogens (tertiary/aromatic N) is 1. The number of benzene rings is 1. The Morgan fingerprint density at radius 3 is 2.40 bits per heavy atom. The molecule has 0 saturated heterocycles. The summed E-state index contributed by atoms with van der Waals surface area (Å²) in [5, 5.41) is 9.99. The molecule has 128 valence electrons. The van der Waals surface area contributed by atoms with Gasteiger partial charge in [0, 0.05) is 5.69 Å². The smallest absolute Gasteiger partial charge is 0.171 e. The minimum atomic E-state index is 0.523. The number of hydrogen-bond donors (Lipinski definition) is 3. The van der Waals surface area contributed by atoms with Crippen molar-refractivity contribution in [1.82, 2.24) is 10.3 Å². The van der Waals surface area contributed by atoms with E-state index in [4.69, 9.17) is 16.6 Å². The third kappa shape index (κ3) is 5.06. The number of furan rings is 1. The minimum absolute atomic E-state index is 0.523. The maximum Gasteiger partial charge on any atom is 0.171 e. The summed E-state index contributed by atoms with van der Waals surface area (Å²) in [7, 11) is 0. The Balaban J connectivity index is 1.51. The summed E-state index contributed by atoms with van der Waals surface area (Å²) >= 11 is 5.28. The van der Waals surface area contributed by atoms with Crippen LogP contribution < -0.4 is 16.0 Å². The van der Waals surface area contributed by atoms with E-state index >= 15 is 0 Å². The zero-order valence-corrected chi connectivity index (χ0v) is 15.0. The van der Waals surface area contributed by atoms with Crippen LogP contribution in [0.25, 0.3) is 0 Å². The van der Waals surface area contributed by atoms with E-state index in [1.54, 1.807) is 6.20 Å². The number of aromatic nitrogens is 1. The average Bonchev–Trinajstić information content (AvgIpc) is 3.02. The predicted molar refractivity (Wildman–Crippen MR) is 105 cm³/mol. The van der Waals surface area contributed by atoms with Crippen LogP contribution in [0.5, 0.6) is 0 Å². The third-order valence-corrected chi connectivity index (χ3v) is 3.81. The number of anilines is 3. The maximum atomic E-state index is 5.49. The van der Waals surface area contributed by atoms with Gasteiger partial charge in [0.1, 0.15) is 17.3 Å². The highest BCUT2D eigenvalue weighted by molar-refractivity contribution is 7.80. The highest BCUT2D eigenvalue weighted by Gasteiger charge is 2.02. The molecular formula is C19H20N4OS. The molecule has 0 radical (unpaired) electrons. The van der Waals surface area contributed by atoms with Crippen LogP contribution in [0.4, 0.5) is 17.2 Å². The summed E-state index contributed by atoms with van der Waals surface area (Å²) in [6.07, 6.45) is 1.74. The van der Waals surface area contributed by atoms with Gasteiger partial charge in [0.25, 0.3) is 0 Å². The SMILES string of the molecule is Cc1ccc(Nc2ccc(NC(=S)NCc3ccc(C)o3)cn2)cc1. The Kier molecular flexibility index (Phi) is 5.30. The van der Waals surface area contributed by atoms with Crippen molar-refractivity contribution < 1.29 is 4.42 Å². The Bertz CT molecular complexity index is 841. The van der Waals surface area contributed by atoms with Crippen molar-refractivity contribution in [3.8, 4) is 0 Å². The number of aryl methyl sites for hydroxylation is 2. The quantitative estimate of drug-likeness (QED) is 0.587. The fourth-order valence-electron chi connectivity index (χ4n) is 2.25. The number of thiocarbonyl (C=S) groups is 1. The van der Waals surface area contributed by atoms with Gasteiger partial charge in [-0.2, -0.15) is 0 Å². The lowest BCUT2D eigenvalue weighted by Crippen LogP contribution is -2.27. The molecular weight excluding hydrogens is 332 g/mol. The zero-order valence-electron chi connectivity index (χ0n) is 14.2. The molecule has 3 N–H and O–H groups in total. The molecule has 0 spiro atoms. The predicted octanol–water partition coefficient (Wildman–Crippen LogP) is 4.52. The Labute approximate surface area is 152 Å². The van der Waals surface area contributed by atoms with Gasteiger partial charge in [0.2, 0.25) is 0 Å². The highest BCUT2D eigenvalue weighted by atomic mass is 32.1. The maximum absolute atomic E-state index is 5.49. The summed E-state index contributed by atoms with van der Waals surface area (Å²) in [5.74, 6) is 2.51. The van der Waals surface area contributed by atoms with Gasteiger partial charge in [-0.1, -0.05) is 17.7 Å². The molecule has 5 nitrogen and oxygen atoms in total. The molecule has 0 aliphatic carbocycles. The van der Waals surface area contributed by atoms with Gasteiger partial charge >= 0.3 is 0 Å². The van der Waals surface area contributed by atoms with E-state index < -0.39 is 0 Å². The second-order valence-corrected chi connectivity index (χ2v) is 6.15. The van der Waals surface area contributed by atoms with Crippen LogP contribution in [0.15, 0.2) is 59.1 Å². The van der Waals surface area contributed by atoms with Crippen molar-refractivity contribution in [3.63, 3.8) is 0 Å². The van der Waals surface area contributed by atoms with Crippen LogP contribution >= 0.6 is 12.2 Å². The summed E-state index contributed by atoms with van der Waals surface area (Å²) in [5.41, 5.74) is 3.05. The zero-order chi connectivity index (χ0) is 17.6. The van der Waals surface area contributed by atoms with Crippen molar-refractivity contribution in [1.29, 1.82) is 0 Å². The van der Waals surface area contributed by atoms with Crippen LogP contribution in [0.3, 0.4) is 0 Å². The second kappa shape index (κ2) is 7.81. The van der Waals surface area contributed by atoms with E-state index in [1.165, 1.54) is 5.56 Å². The van der Waals surface area contributed by atoms with Crippen molar-refractivity contribution >= 4 is 34.5 Å². The summed E-state index contributed by atoms with van der Waals surface area (Å²) in [6.45, 7) is 4.52. The molecule has 1 aromatic carbocycles. The molecule has 2 heterocycles. The lowest BCUT2D eigenvalue weighted by atomic mass is 10.2. The van der Waals surface area contributed by atoms with Crippen molar-refractivity contribution in [3.05, 3.63) is 71.8 Å². The van der Waals surface area contributed by atoms with Crippen LogP contribution in [0.1, 0.15) is 17.1 Å². The Hall–Kier alpha value is -2.86. The van der Waals surface area contributed by atoms with Gasteiger partial charge in [-0.05, 0) is 62.5 Å². The first-order valence-corrected chi connectivity index (χ1v) is 8.39. The van der Waals surface area contributed by atoms with Gasteiger partial charge in [-0.25, -0.2) is 4.98 Å². The molecule has 0 atom stereocenters. The van der Waals surface area contributed by atoms with Crippen molar-refractivity contribution in [2.75, 3.05) is 10.6 Å². The first kappa shape index (κ1) is 17.0. The van der Waals surface area contributed by atoms with Crippen LogP contribution in [0.2, 0.25) is 0 Å². The second-order valence-electron chi connectivity index (χ2n) is 5.74. The first-order valence-electron chi connectivity index (χ1n) is 7.98. The standard InChI is InChI=1S/C19H20N4OS/c1-13-3-6-15(7-4-13)22-18-10-8-16(11-20-18)23-19(25)21-12-17-9-5-14(2)24-17/h3-11H,12H2,1-2H3,(H,20,22)(H2,21,23,25). The lowest BCUT2D eigenvalue weighted by Gasteiger charge is -2.10. The fraction of sp³-hybridized carbons (Fsp3) is 0.158. The Morgan fingerprint density at radius 2 is 1.76 bits per heavy atom. The summed E-state index contributed by atoms with van der Waals surface area (Å²) in [6, 6.07) is 15.9. The van der Waals surface area contributed by atoms with Crippen molar-refractivity contribution in [2.45, 2.75) is 20.4 Å². The van der Waals surface area contributed by atoms with Crippen LogP contribution in [0, 0.1) is 13.8 Å². The molecule has 0 aliphatic rings. The van der Waals surface area contributed by atoms with E-state index in [1.807, 2.05) is 43.3 Å². The molecule has 0 amide bonds. The molecule has 3 aromatic rings. The molecule has 6 heteroatoms. The van der Waals surface area contributed by atoms with E-state index in [2.05, 4.69) is 40.0 Å². The van der Waals surface area contributed by atoms with E-state index in [0.29, 0.717) is 11.7 Å². The number of rotatable bonds is 5. The molecule has 3 rings (SSSR count). The van der Waals surface area contributed by atoms with E-state index in [-0.39, 0.29) is 0 Å². The monoisotopic (exact) mass is 352 g/mol. The van der Waals surface area contributed by atoms with Crippen molar-refractivity contribution in [2.24, 2.45) is 0 Å². The number of nitrogens with one attached hydrogen (secondary N) is 3. The van der Waals surface area contributed by atoms with E-state index in [9.17, 15) is 0 Å². The average molecular weight is 352 g/mol. The molecule has 0 unspecified atom stereocenters. The van der Waals surface area contributed by atoms with Gasteiger partial charge in [-0.15, -0.1) is 0 Å². The number of pyridine rings is 1. The molecule has 0 aliphatic heterocycles. The third-order valence-electron chi connectivity index (χ3n) is 3.56. The fourth-order valence-corrected chi connectivity index (χ4v) is 2.44. The molecule has 25 heavy (non-hydrogen) atoms. The van der Waals surface area contributed by atoms with Crippen LogP contribution in [-0.2, 0) is 6.54 Å². The van der Waals surface area contributed by atoms with Gasteiger partial charge in [-0.3, -0.25) is 0 Å². The normalized spacial score (nSPS) is 10.3. The molecule has 0 saturated carbocycles. The largest absolute Gasteiger partial charge is 0.465 e. The van der Waals surface area contributed by atoms with E-state index in [0.717, 1.165) is 28.7 Å². The minimum Gasteiger partial charge on any atom is -0.465 e. The molecule has 2 aromatic heterocycles. The molecule has 0 bridgehead atoms. The highest BCUT2D eigenvalue weighted by Crippen LogP contribution is 2.16. The number of hydrogen-bond acceptors (Lipinski definition) is 4. The molecule has 0 fully saturated rings. The van der Waals surface area contributed by atoms with Gasteiger partial charge < -0.3 is 20.4 Å². The topological polar surface area (TPSA) is 62.1 Å².